The molecule has 2 unspecified atom stereocenters. The van der Waals surface area contributed by atoms with Crippen LogP contribution in [0.3, 0.4) is 0 Å². The zero-order valence-electron chi connectivity index (χ0n) is 8.66. The molecule has 80 valence electrons. The van der Waals surface area contributed by atoms with Crippen molar-refractivity contribution in [2.24, 2.45) is 5.92 Å². The van der Waals surface area contributed by atoms with Crippen molar-refractivity contribution in [2.75, 3.05) is 32.8 Å². The Morgan fingerprint density at radius 3 is 2.71 bits per heavy atom. The molecular formula is C10H18N2O2. The van der Waals surface area contributed by atoms with E-state index in [0.717, 1.165) is 39.2 Å². The van der Waals surface area contributed by atoms with E-state index in [9.17, 15) is 4.79 Å². The number of hydrogen-bond acceptors (Lipinski definition) is 3. The Morgan fingerprint density at radius 1 is 1.43 bits per heavy atom. The maximum atomic E-state index is 12.0. The number of carbonyl (C=O) groups is 1. The molecular weight excluding hydrogens is 180 g/mol. The van der Waals surface area contributed by atoms with Crippen LogP contribution in [0.1, 0.15) is 13.3 Å². The van der Waals surface area contributed by atoms with Gasteiger partial charge in [0.2, 0.25) is 5.91 Å². The third kappa shape index (κ3) is 1.91. The molecule has 14 heavy (non-hydrogen) atoms. The van der Waals surface area contributed by atoms with Crippen LogP contribution in [-0.2, 0) is 9.53 Å². The Hall–Kier alpha value is -0.610. The fourth-order valence-electron chi connectivity index (χ4n) is 2.18. The Kier molecular flexibility index (Phi) is 3.03. The van der Waals surface area contributed by atoms with Gasteiger partial charge in [-0.15, -0.1) is 0 Å². The summed E-state index contributed by atoms with van der Waals surface area (Å²) >= 11 is 0. The molecule has 2 heterocycles. The molecule has 2 atom stereocenters. The van der Waals surface area contributed by atoms with Crippen molar-refractivity contribution in [3.8, 4) is 0 Å². The van der Waals surface area contributed by atoms with E-state index in [1.165, 1.54) is 0 Å². The lowest BCUT2D eigenvalue weighted by atomic mass is 10.0. The summed E-state index contributed by atoms with van der Waals surface area (Å²) in [7, 11) is 0. The molecule has 2 saturated heterocycles. The van der Waals surface area contributed by atoms with Crippen LogP contribution in [0.15, 0.2) is 0 Å². The molecule has 0 aromatic rings. The first-order chi connectivity index (χ1) is 6.79. The standard InChI is InChI=1S/C10H18N2O2/c1-8-9(2-7-14-8)10(13)12-5-3-11-4-6-12/h8-9,11H,2-7H2,1H3. The molecule has 0 spiro atoms. The van der Waals surface area contributed by atoms with Gasteiger partial charge in [0.05, 0.1) is 12.0 Å². The van der Waals surface area contributed by atoms with Crippen molar-refractivity contribution < 1.29 is 9.53 Å². The average Bonchev–Trinajstić information content (AvgIpc) is 2.65. The van der Waals surface area contributed by atoms with Gasteiger partial charge in [-0.05, 0) is 13.3 Å². The summed E-state index contributed by atoms with van der Waals surface area (Å²) in [5.74, 6) is 0.393. The van der Waals surface area contributed by atoms with Crippen molar-refractivity contribution in [1.29, 1.82) is 0 Å². The maximum Gasteiger partial charge on any atom is 0.228 e. The van der Waals surface area contributed by atoms with Gasteiger partial charge in [-0.2, -0.15) is 0 Å². The summed E-state index contributed by atoms with van der Waals surface area (Å²) in [6.45, 7) is 6.28. The van der Waals surface area contributed by atoms with E-state index < -0.39 is 0 Å². The van der Waals surface area contributed by atoms with Gasteiger partial charge in [0.25, 0.3) is 0 Å². The maximum absolute atomic E-state index is 12.0. The number of ether oxygens (including phenoxy) is 1. The van der Waals surface area contributed by atoms with Crippen molar-refractivity contribution >= 4 is 5.91 Å². The van der Waals surface area contributed by atoms with E-state index in [4.69, 9.17) is 4.74 Å². The highest BCUT2D eigenvalue weighted by molar-refractivity contribution is 5.79. The fourth-order valence-corrected chi connectivity index (χ4v) is 2.18. The summed E-state index contributed by atoms with van der Waals surface area (Å²) < 4.78 is 5.41. The Morgan fingerprint density at radius 2 is 2.14 bits per heavy atom. The number of rotatable bonds is 1. The Labute approximate surface area is 84.6 Å². The number of carbonyl (C=O) groups excluding carboxylic acids is 1. The molecule has 2 aliphatic heterocycles. The van der Waals surface area contributed by atoms with Crippen LogP contribution in [0.2, 0.25) is 0 Å². The smallest absolute Gasteiger partial charge is 0.228 e. The normalized spacial score (nSPS) is 33.4. The van der Waals surface area contributed by atoms with Crippen molar-refractivity contribution in [2.45, 2.75) is 19.4 Å². The lowest BCUT2D eigenvalue weighted by Gasteiger charge is -2.30. The van der Waals surface area contributed by atoms with E-state index in [1.54, 1.807) is 0 Å². The Bertz CT molecular complexity index is 214. The van der Waals surface area contributed by atoms with Crippen LogP contribution in [-0.4, -0.2) is 49.7 Å². The third-order valence-corrected chi connectivity index (χ3v) is 3.12. The minimum absolute atomic E-state index is 0.105. The fraction of sp³-hybridized carbons (Fsp3) is 0.900. The highest BCUT2D eigenvalue weighted by atomic mass is 16.5. The van der Waals surface area contributed by atoms with Gasteiger partial charge in [0, 0.05) is 32.8 Å². The molecule has 4 heteroatoms. The van der Waals surface area contributed by atoms with E-state index >= 15 is 0 Å². The molecule has 2 aliphatic rings. The lowest BCUT2D eigenvalue weighted by molar-refractivity contribution is -0.137. The summed E-state index contributed by atoms with van der Waals surface area (Å²) in [6, 6.07) is 0. The minimum atomic E-state index is 0.105. The van der Waals surface area contributed by atoms with Gasteiger partial charge in [-0.25, -0.2) is 0 Å². The van der Waals surface area contributed by atoms with Crippen molar-refractivity contribution in [3.05, 3.63) is 0 Å². The second-order valence-corrected chi connectivity index (χ2v) is 4.05. The second kappa shape index (κ2) is 4.28. The van der Waals surface area contributed by atoms with Gasteiger partial charge in [-0.3, -0.25) is 4.79 Å². The van der Waals surface area contributed by atoms with Crippen LogP contribution in [0.4, 0.5) is 0 Å². The average molecular weight is 198 g/mol. The molecule has 0 radical (unpaired) electrons. The molecule has 2 fully saturated rings. The van der Waals surface area contributed by atoms with Gasteiger partial charge in [-0.1, -0.05) is 0 Å². The van der Waals surface area contributed by atoms with E-state index in [1.807, 2.05) is 11.8 Å². The number of nitrogens with one attached hydrogen (secondary N) is 1. The van der Waals surface area contributed by atoms with Gasteiger partial charge < -0.3 is 15.0 Å². The molecule has 2 rings (SSSR count). The summed E-state index contributed by atoms with van der Waals surface area (Å²) in [6.07, 6.45) is 1.00. The number of piperazine rings is 1. The predicted molar refractivity (Wildman–Crippen MR) is 53.0 cm³/mol. The highest BCUT2D eigenvalue weighted by Gasteiger charge is 2.33. The van der Waals surface area contributed by atoms with E-state index in [2.05, 4.69) is 5.32 Å². The molecule has 0 bridgehead atoms. The minimum Gasteiger partial charge on any atom is -0.378 e. The molecule has 0 aromatic carbocycles. The van der Waals surface area contributed by atoms with E-state index in [-0.39, 0.29) is 17.9 Å². The largest absolute Gasteiger partial charge is 0.378 e. The monoisotopic (exact) mass is 198 g/mol. The molecule has 0 aliphatic carbocycles. The Balaban J connectivity index is 1.92. The zero-order valence-corrected chi connectivity index (χ0v) is 8.66. The first-order valence-electron chi connectivity index (χ1n) is 5.40. The number of amides is 1. The first-order valence-corrected chi connectivity index (χ1v) is 5.40. The summed E-state index contributed by atoms with van der Waals surface area (Å²) in [4.78, 5) is 14.0. The van der Waals surface area contributed by atoms with Gasteiger partial charge in [0.15, 0.2) is 0 Å². The molecule has 1 amide bonds. The predicted octanol–water partition coefficient (Wildman–Crippen LogP) is -0.157. The van der Waals surface area contributed by atoms with Crippen molar-refractivity contribution in [1.82, 2.24) is 10.2 Å². The number of hydrogen-bond donors (Lipinski definition) is 1. The second-order valence-electron chi connectivity index (χ2n) is 4.05. The van der Waals surface area contributed by atoms with Gasteiger partial charge >= 0.3 is 0 Å². The van der Waals surface area contributed by atoms with Crippen LogP contribution in [0.5, 0.6) is 0 Å². The summed E-state index contributed by atoms with van der Waals surface area (Å²) in [5, 5.41) is 3.25. The van der Waals surface area contributed by atoms with E-state index in [0.29, 0.717) is 0 Å². The quantitative estimate of drug-likeness (QED) is 0.637. The SMILES string of the molecule is CC1OCCC1C(=O)N1CCNCC1. The van der Waals surface area contributed by atoms with Crippen LogP contribution in [0.25, 0.3) is 0 Å². The van der Waals surface area contributed by atoms with Crippen molar-refractivity contribution in [3.63, 3.8) is 0 Å². The molecule has 0 aromatic heterocycles. The molecule has 1 N–H and O–H groups in total. The highest BCUT2D eigenvalue weighted by Crippen LogP contribution is 2.22. The zero-order chi connectivity index (χ0) is 9.97. The van der Waals surface area contributed by atoms with Crippen LogP contribution < -0.4 is 5.32 Å². The lowest BCUT2D eigenvalue weighted by Crippen LogP contribution is -2.49. The van der Waals surface area contributed by atoms with Crippen LogP contribution >= 0.6 is 0 Å². The number of nitrogens with zero attached hydrogens (tertiary/aromatic N) is 1. The first kappa shape index (κ1) is 9.93. The van der Waals surface area contributed by atoms with Gasteiger partial charge in [0.1, 0.15) is 0 Å². The summed E-state index contributed by atoms with van der Waals surface area (Å²) in [5.41, 5.74) is 0. The third-order valence-electron chi connectivity index (χ3n) is 3.12. The van der Waals surface area contributed by atoms with Crippen LogP contribution in [0, 0.1) is 5.92 Å². The molecule has 0 saturated carbocycles. The topological polar surface area (TPSA) is 41.6 Å². The molecule has 4 nitrogen and oxygen atoms in total.